The number of hydrogen-bond acceptors (Lipinski definition) is 4. The van der Waals surface area contributed by atoms with Gasteiger partial charge in [0.15, 0.2) is 5.65 Å². The summed E-state index contributed by atoms with van der Waals surface area (Å²) in [5, 5.41) is 9.14. The molecule has 7 heteroatoms. The Balaban J connectivity index is 0.00000210. The first-order valence-electron chi connectivity index (χ1n) is 9.29. The van der Waals surface area contributed by atoms with Crippen molar-refractivity contribution in [3.8, 4) is 0 Å². The first kappa shape index (κ1) is 19.6. The number of carbonyl (C=O) groups excluding carboxylic acids is 1. The zero-order chi connectivity index (χ0) is 18.3. The Morgan fingerprint density at radius 3 is 2.85 bits per heavy atom. The van der Waals surface area contributed by atoms with Crippen LogP contribution in [-0.4, -0.2) is 51.1 Å². The maximum atomic E-state index is 12.6. The summed E-state index contributed by atoms with van der Waals surface area (Å²) in [4.78, 5) is 19.4. The summed E-state index contributed by atoms with van der Waals surface area (Å²) in [6.45, 7) is 8.68. The minimum atomic E-state index is 0. The fourth-order valence-electron chi connectivity index (χ4n) is 3.89. The molecule has 1 unspecified atom stereocenters. The lowest BCUT2D eigenvalue weighted by Gasteiger charge is -2.32. The number of halogens is 1. The summed E-state index contributed by atoms with van der Waals surface area (Å²) in [6, 6.07) is 8.43. The third-order valence-corrected chi connectivity index (χ3v) is 5.33. The quantitative estimate of drug-likeness (QED) is 0.750. The largest absolute Gasteiger partial charge is 0.340 e. The molecule has 3 heterocycles. The Morgan fingerprint density at radius 1 is 1.30 bits per heavy atom. The predicted molar refractivity (Wildman–Crippen MR) is 110 cm³/mol. The molecule has 0 radical (unpaired) electrons. The van der Waals surface area contributed by atoms with Crippen molar-refractivity contribution < 1.29 is 4.79 Å². The summed E-state index contributed by atoms with van der Waals surface area (Å²) in [7, 11) is 0. The van der Waals surface area contributed by atoms with Gasteiger partial charge < -0.3 is 10.2 Å². The van der Waals surface area contributed by atoms with Crippen LogP contribution in [0.4, 0.5) is 0 Å². The van der Waals surface area contributed by atoms with E-state index >= 15 is 0 Å². The number of aromatic nitrogens is 3. The van der Waals surface area contributed by atoms with Gasteiger partial charge in [0.05, 0.1) is 5.52 Å². The fraction of sp³-hybridized carbons (Fsp3) is 0.450. The van der Waals surface area contributed by atoms with E-state index in [1.54, 1.807) is 0 Å². The minimum absolute atomic E-state index is 0. The zero-order valence-electron chi connectivity index (χ0n) is 16.0. The number of nitrogens with zero attached hydrogens (tertiary/aromatic N) is 4. The van der Waals surface area contributed by atoms with Crippen molar-refractivity contribution >= 4 is 34.9 Å². The van der Waals surface area contributed by atoms with Crippen LogP contribution in [0.15, 0.2) is 24.3 Å². The molecule has 1 saturated heterocycles. The van der Waals surface area contributed by atoms with Crippen molar-refractivity contribution in [2.24, 2.45) is 0 Å². The Hall–Kier alpha value is -2.18. The molecule has 0 bridgehead atoms. The number of rotatable bonds is 3. The second-order valence-corrected chi connectivity index (χ2v) is 7.21. The van der Waals surface area contributed by atoms with Gasteiger partial charge in [-0.15, -0.1) is 12.4 Å². The third kappa shape index (κ3) is 3.64. The van der Waals surface area contributed by atoms with Crippen molar-refractivity contribution in [2.45, 2.75) is 39.7 Å². The highest BCUT2D eigenvalue weighted by Gasteiger charge is 2.21. The van der Waals surface area contributed by atoms with Gasteiger partial charge in [-0.25, -0.2) is 9.50 Å². The molecule has 6 nitrogen and oxygen atoms in total. The van der Waals surface area contributed by atoms with Crippen LogP contribution >= 0.6 is 12.4 Å². The molecule has 27 heavy (non-hydrogen) atoms. The van der Waals surface area contributed by atoms with Gasteiger partial charge in [0.25, 0.3) is 0 Å². The Bertz CT molecular complexity index is 983. The summed E-state index contributed by atoms with van der Waals surface area (Å²) in [6.07, 6.45) is 1.22. The molecule has 0 spiro atoms. The molecule has 1 amide bonds. The van der Waals surface area contributed by atoms with E-state index in [1.807, 2.05) is 34.5 Å². The average molecular weight is 388 g/mol. The molecule has 144 valence electrons. The number of hydrogen-bond donors (Lipinski definition) is 1. The maximum absolute atomic E-state index is 12.6. The van der Waals surface area contributed by atoms with E-state index in [9.17, 15) is 4.79 Å². The fourth-order valence-corrected chi connectivity index (χ4v) is 3.89. The number of nitrogens with one attached hydrogen (secondary N) is 1. The van der Waals surface area contributed by atoms with E-state index in [0.717, 1.165) is 53.1 Å². The van der Waals surface area contributed by atoms with E-state index in [4.69, 9.17) is 10.1 Å². The third-order valence-electron chi connectivity index (χ3n) is 5.33. The molecule has 1 N–H and O–H groups in total. The lowest BCUT2D eigenvalue weighted by molar-refractivity contribution is -0.132. The molecular formula is C20H26ClN5O. The highest BCUT2D eigenvalue weighted by Crippen LogP contribution is 2.23. The Labute approximate surface area is 165 Å². The van der Waals surface area contributed by atoms with Crippen LogP contribution in [0.5, 0.6) is 0 Å². The van der Waals surface area contributed by atoms with Crippen molar-refractivity contribution in [1.29, 1.82) is 0 Å². The molecule has 1 aliphatic heterocycles. The summed E-state index contributed by atoms with van der Waals surface area (Å²) < 4.78 is 1.92. The highest BCUT2D eigenvalue weighted by atomic mass is 35.5. The van der Waals surface area contributed by atoms with E-state index < -0.39 is 0 Å². The number of benzene rings is 1. The van der Waals surface area contributed by atoms with Crippen molar-refractivity contribution in [3.63, 3.8) is 0 Å². The first-order chi connectivity index (χ1) is 12.5. The molecule has 3 aromatic rings. The molecule has 2 aromatic heterocycles. The van der Waals surface area contributed by atoms with Crippen LogP contribution in [0.2, 0.25) is 0 Å². The van der Waals surface area contributed by atoms with Gasteiger partial charge in [0.2, 0.25) is 5.91 Å². The van der Waals surface area contributed by atoms with E-state index in [-0.39, 0.29) is 18.3 Å². The van der Waals surface area contributed by atoms with Gasteiger partial charge in [-0.3, -0.25) is 4.79 Å². The summed E-state index contributed by atoms with van der Waals surface area (Å²) in [5.41, 5.74) is 5.03. The molecule has 1 aromatic carbocycles. The number of amides is 1. The van der Waals surface area contributed by atoms with Gasteiger partial charge in [0, 0.05) is 48.9 Å². The summed E-state index contributed by atoms with van der Waals surface area (Å²) in [5.74, 6) is 0.225. The van der Waals surface area contributed by atoms with Gasteiger partial charge in [-0.1, -0.05) is 12.1 Å². The van der Waals surface area contributed by atoms with Crippen molar-refractivity contribution in [2.75, 3.05) is 19.6 Å². The molecule has 0 saturated carbocycles. The van der Waals surface area contributed by atoms with Crippen LogP contribution in [0.1, 0.15) is 30.3 Å². The lowest BCUT2D eigenvalue weighted by atomic mass is 10.1. The smallest absolute Gasteiger partial charge is 0.223 e. The second kappa shape index (κ2) is 7.82. The van der Waals surface area contributed by atoms with Crippen LogP contribution in [0, 0.1) is 13.8 Å². The van der Waals surface area contributed by atoms with Crippen LogP contribution in [0.25, 0.3) is 16.6 Å². The molecule has 1 fully saturated rings. The van der Waals surface area contributed by atoms with Gasteiger partial charge in [-0.2, -0.15) is 5.10 Å². The lowest BCUT2D eigenvalue weighted by Crippen LogP contribution is -2.51. The van der Waals surface area contributed by atoms with Crippen LogP contribution < -0.4 is 5.32 Å². The Kier molecular flexibility index (Phi) is 5.67. The SMILES string of the molecule is Cc1nc2c3ccccc3nn2c(C)c1CCC(=O)N1CCNC(C)C1.Cl. The topological polar surface area (TPSA) is 62.5 Å². The molecular weight excluding hydrogens is 362 g/mol. The molecule has 1 atom stereocenters. The van der Waals surface area contributed by atoms with Gasteiger partial charge in [-0.05, 0) is 44.9 Å². The van der Waals surface area contributed by atoms with Crippen LogP contribution in [-0.2, 0) is 11.2 Å². The van der Waals surface area contributed by atoms with Crippen molar-refractivity contribution in [3.05, 3.63) is 41.2 Å². The number of piperazine rings is 1. The van der Waals surface area contributed by atoms with E-state index in [0.29, 0.717) is 18.9 Å². The Morgan fingerprint density at radius 2 is 2.07 bits per heavy atom. The van der Waals surface area contributed by atoms with E-state index in [2.05, 4.69) is 25.2 Å². The highest BCUT2D eigenvalue weighted by molar-refractivity contribution is 5.92. The number of fused-ring (bicyclic) bond motifs is 3. The summed E-state index contributed by atoms with van der Waals surface area (Å²) >= 11 is 0. The standard InChI is InChI=1S/C20H25N5O.ClH/c1-13-12-24(11-10-21-13)19(26)9-8-16-14(2)22-20-17-6-4-5-7-18(17)23-25(20)15(16)3;/h4-7,13,21H,8-12H2,1-3H3;1H. The molecule has 0 aliphatic carbocycles. The maximum Gasteiger partial charge on any atom is 0.223 e. The van der Waals surface area contributed by atoms with Crippen LogP contribution in [0.3, 0.4) is 0 Å². The normalized spacial score (nSPS) is 17.3. The first-order valence-corrected chi connectivity index (χ1v) is 9.29. The number of carbonyl (C=O) groups is 1. The predicted octanol–water partition coefficient (Wildman–Crippen LogP) is 2.67. The van der Waals surface area contributed by atoms with E-state index in [1.165, 1.54) is 0 Å². The molecule has 1 aliphatic rings. The zero-order valence-corrected chi connectivity index (χ0v) is 16.8. The van der Waals surface area contributed by atoms with Crippen molar-refractivity contribution in [1.82, 2.24) is 24.8 Å². The second-order valence-electron chi connectivity index (χ2n) is 7.21. The minimum Gasteiger partial charge on any atom is -0.340 e. The molecule has 4 rings (SSSR count). The number of aryl methyl sites for hydroxylation is 2. The average Bonchev–Trinajstić information content (AvgIpc) is 3.00. The monoisotopic (exact) mass is 387 g/mol. The van der Waals surface area contributed by atoms with Gasteiger partial charge >= 0.3 is 0 Å². The van der Waals surface area contributed by atoms with Gasteiger partial charge in [0.1, 0.15) is 0 Å².